The van der Waals surface area contributed by atoms with Crippen LogP contribution in [0, 0.1) is 42.9 Å². The van der Waals surface area contributed by atoms with Crippen molar-refractivity contribution in [3.8, 4) is 6.07 Å². The number of nitrogens with one attached hydrogen (secondary N) is 1. The van der Waals surface area contributed by atoms with E-state index in [9.17, 15) is 4.79 Å². The monoisotopic (exact) mass is 307 g/mol. The van der Waals surface area contributed by atoms with Gasteiger partial charge in [0.1, 0.15) is 12.7 Å². The van der Waals surface area contributed by atoms with E-state index in [1.807, 2.05) is 38.7 Å². The Morgan fingerprint density at radius 3 is 2.67 bits per heavy atom. The maximum Gasteiger partial charge on any atom is 0.351 e. The highest BCUT2D eigenvalue weighted by Crippen LogP contribution is 2.23. The number of hydrogen-bond acceptors (Lipinski definition) is 6. The third-order valence-electron chi connectivity index (χ3n) is 2.60. The van der Waals surface area contributed by atoms with E-state index in [0.29, 0.717) is 24.8 Å². The molecule has 0 amide bonds. The van der Waals surface area contributed by atoms with Crippen molar-refractivity contribution in [2.45, 2.75) is 6.92 Å². The van der Waals surface area contributed by atoms with Gasteiger partial charge >= 0.3 is 5.97 Å². The molecule has 0 aromatic heterocycles. The molecule has 0 aromatic carbocycles. The summed E-state index contributed by atoms with van der Waals surface area (Å²) in [6.45, 7) is 3.46. The third-order valence-corrected chi connectivity index (χ3v) is 3.35. The first kappa shape index (κ1) is 17.9. The van der Waals surface area contributed by atoms with Crippen molar-refractivity contribution >= 4 is 17.7 Å². The predicted molar refractivity (Wildman–Crippen MR) is 82.1 cm³/mol. The van der Waals surface area contributed by atoms with Gasteiger partial charge in [-0.15, -0.1) is 11.8 Å². The Kier molecular flexibility index (Phi) is 8.95. The lowest BCUT2D eigenvalue weighted by Crippen LogP contribution is -2.22. The van der Waals surface area contributed by atoms with Gasteiger partial charge in [-0.05, 0) is 38.9 Å². The first-order chi connectivity index (χ1) is 10.2. The van der Waals surface area contributed by atoms with E-state index < -0.39 is 5.97 Å². The summed E-state index contributed by atoms with van der Waals surface area (Å²) < 4.78 is 10.1. The van der Waals surface area contributed by atoms with Crippen LogP contribution in [0.15, 0.2) is 10.6 Å². The van der Waals surface area contributed by atoms with Gasteiger partial charge in [0.05, 0.1) is 11.6 Å². The van der Waals surface area contributed by atoms with Crippen molar-refractivity contribution in [3.63, 3.8) is 0 Å². The number of ether oxygens (including phenoxy) is 2. The normalized spacial score (nSPS) is 16.2. The first-order valence-electron chi connectivity index (χ1n) is 6.60. The maximum absolute atomic E-state index is 11.9. The standard InChI is InChI=1S/C15H19N2O3S/c1-3-19-8-9-20-15(18)13(10-16)14(21-2)17-11-12-6-4-5-7-12/h4-7,17H,3,8-9,11H2,1-2H3/b14-13+. The minimum Gasteiger partial charge on any atom is -0.459 e. The lowest BCUT2D eigenvalue weighted by molar-refractivity contribution is -0.140. The van der Waals surface area contributed by atoms with Crippen molar-refractivity contribution in [3.05, 3.63) is 42.2 Å². The molecule has 0 heterocycles. The van der Waals surface area contributed by atoms with Crippen LogP contribution in [-0.2, 0) is 14.3 Å². The highest BCUT2D eigenvalue weighted by atomic mass is 32.2. The summed E-state index contributed by atoms with van der Waals surface area (Å²) in [7, 11) is 0. The number of carbonyl (C=O) groups is 1. The maximum atomic E-state index is 11.9. The van der Waals surface area contributed by atoms with Crippen LogP contribution in [0.2, 0.25) is 0 Å². The molecule has 0 spiro atoms. The molecule has 0 aliphatic heterocycles. The van der Waals surface area contributed by atoms with Crippen molar-refractivity contribution in [1.29, 1.82) is 5.26 Å². The highest BCUT2D eigenvalue weighted by Gasteiger charge is 2.20. The molecule has 0 aromatic rings. The first-order valence-corrected chi connectivity index (χ1v) is 7.83. The summed E-state index contributed by atoms with van der Waals surface area (Å²) in [5.41, 5.74) is -0.00875. The van der Waals surface area contributed by atoms with Crippen LogP contribution in [-0.4, -0.2) is 38.6 Å². The van der Waals surface area contributed by atoms with E-state index in [4.69, 9.17) is 14.7 Å². The molecule has 1 saturated carbocycles. The quantitative estimate of drug-likeness (QED) is 0.302. The second kappa shape index (κ2) is 10.5. The smallest absolute Gasteiger partial charge is 0.351 e. The van der Waals surface area contributed by atoms with Crippen LogP contribution in [0.1, 0.15) is 6.92 Å². The number of nitriles is 1. The molecule has 21 heavy (non-hydrogen) atoms. The molecule has 5 radical (unpaired) electrons. The molecule has 113 valence electrons. The van der Waals surface area contributed by atoms with Crippen LogP contribution in [0.4, 0.5) is 0 Å². The molecule has 1 fully saturated rings. The van der Waals surface area contributed by atoms with E-state index in [-0.39, 0.29) is 12.2 Å². The van der Waals surface area contributed by atoms with Gasteiger partial charge in [-0.3, -0.25) is 0 Å². The van der Waals surface area contributed by atoms with E-state index in [2.05, 4.69) is 5.32 Å². The zero-order valence-electron chi connectivity index (χ0n) is 12.2. The molecule has 5 nitrogen and oxygen atoms in total. The van der Waals surface area contributed by atoms with Crippen LogP contribution >= 0.6 is 11.8 Å². The van der Waals surface area contributed by atoms with E-state index in [1.165, 1.54) is 11.8 Å². The highest BCUT2D eigenvalue weighted by molar-refractivity contribution is 8.02. The molecule has 1 aliphatic rings. The molecule has 0 bridgehead atoms. The number of nitrogens with zero attached hydrogens (tertiary/aromatic N) is 1. The summed E-state index contributed by atoms with van der Waals surface area (Å²) in [5.74, 6) is 0.458. The van der Waals surface area contributed by atoms with Crippen molar-refractivity contribution in [1.82, 2.24) is 5.32 Å². The molecule has 6 heteroatoms. The second-order valence-corrected chi connectivity index (χ2v) is 4.82. The molecule has 0 atom stereocenters. The van der Waals surface area contributed by atoms with E-state index in [0.717, 1.165) is 5.92 Å². The van der Waals surface area contributed by atoms with Gasteiger partial charge in [0.2, 0.25) is 0 Å². The minimum atomic E-state index is -0.628. The zero-order chi connectivity index (χ0) is 15.5. The Labute approximate surface area is 131 Å². The number of esters is 1. The molecular weight excluding hydrogens is 288 g/mol. The van der Waals surface area contributed by atoms with Gasteiger partial charge in [0, 0.05) is 19.1 Å². The average Bonchev–Trinajstić information content (AvgIpc) is 3.01. The van der Waals surface area contributed by atoms with Crippen LogP contribution in [0.5, 0.6) is 0 Å². The van der Waals surface area contributed by atoms with E-state index in [1.54, 1.807) is 6.26 Å². The summed E-state index contributed by atoms with van der Waals surface area (Å²) in [6.07, 6.45) is 9.62. The summed E-state index contributed by atoms with van der Waals surface area (Å²) >= 11 is 1.31. The SMILES string of the molecule is CCOCCOC(=O)/C(C#N)=C(\NC[C]1[CH][CH][CH][CH]1)SC. The van der Waals surface area contributed by atoms with E-state index >= 15 is 0 Å². The molecule has 1 rings (SSSR count). The lowest BCUT2D eigenvalue weighted by Gasteiger charge is -2.14. The van der Waals surface area contributed by atoms with Crippen molar-refractivity contribution in [2.24, 2.45) is 0 Å². The fourth-order valence-corrected chi connectivity index (χ4v) is 2.13. The average molecular weight is 307 g/mol. The van der Waals surface area contributed by atoms with Gasteiger partial charge in [0.25, 0.3) is 0 Å². The Morgan fingerprint density at radius 1 is 1.38 bits per heavy atom. The zero-order valence-corrected chi connectivity index (χ0v) is 13.0. The van der Waals surface area contributed by atoms with Gasteiger partial charge in [-0.25, -0.2) is 4.79 Å². The third kappa shape index (κ3) is 6.40. The number of hydrogen-bond donors (Lipinski definition) is 1. The topological polar surface area (TPSA) is 71.3 Å². The van der Waals surface area contributed by atoms with Crippen molar-refractivity contribution in [2.75, 3.05) is 32.6 Å². The Morgan fingerprint density at radius 2 is 2.10 bits per heavy atom. The predicted octanol–water partition coefficient (Wildman–Crippen LogP) is 1.66. The van der Waals surface area contributed by atoms with Crippen LogP contribution < -0.4 is 5.32 Å². The molecule has 0 unspecified atom stereocenters. The van der Waals surface area contributed by atoms with Crippen LogP contribution in [0.3, 0.4) is 0 Å². The van der Waals surface area contributed by atoms with Gasteiger partial charge in [-0.2, -0.15) is 5.26 Å². The Balaban J connectivity index is 2.53. The molecule has 1 aliphatic carbocycles. The number of carbonyl (C=O) groups excluding carboxylic acids is 1. The fourth-order valence-electron chi connectivity index (χ4n) is 1.58. The van der Waals surface area contributed by atoms with Crippen molar-refractivity contribution < 1.29 is 14.3 Å². The fraction of sp³-hybridized carbons (Fsp3) is 0.400. The lowest BCUT2D eigenvalue weighted by atomic mass is 10.1. The second-order valence-electron chi connectivity index (χ2n) is 4.00. The molecule has 0 saturated heterocycles. The molecular formula is C15H19N2O3S. The summed E-state index contributed by atoms with van der Waals surface area (Å²) in [6, 6.07) is 1.90. The van der Waals surface area contributed by atoms with Gasteiger partial charge in [-0.1, -0.05) is 0 Å². The number of thioether (sulfide) groups is 1. The largest absolute Gasteiger partial charge is 0.459 e. The molecule has 1 N–H and O–H groups in total. The summed E-state index contributed by atoms with van der Waals surface area (Å²) in [4.78, 5) is 11.9. The van der Waals surface area contributed by atoms with Gasteiger partial charge < -0.3 is 14.8 Å². The summed E-state index contributed by atoms with van der Waals surface area (Å²) in [5, 5.41) is 12.8. The minimum absolute atomic E-state index is 0.00875. The van der Waals surface area contributed by atoms with Crippen LogP contribution in [0.25, 0.3) is 0 Å². The Hall–Kier alpha value is -1.19. The van der Waals surface area contributed by atoms with Gasteiger partial charge in [0.15, 0.2) is 5.57 Å². The Bertz CT molecular complexity index is 398. The number of rotatable bonds is 9.